The number of hydrogen-bond donors (Lipinski definition) is 1. The summed E-state index contributed by atoms with van der Waals surface area (Å²) in [5.74, 6) is 0. The molecular weight excluding hydrogens is 236 g/mol. The van der Waals surface area contributed by atoms with Crippen molar-refractivity contribution in [3.63, 3.8) is 0 Å². The van der Waals surface area contributed by atoms with Gasteiger partial charge in [0.05, 0.1) is 0 Å². The standard InChI is InChI=1S/C6H3BrN6/c7-5-3-1-2-13-6(10-11-12-13)4(3)8-9-5/h1-2H,(H,8,9). The average Bonchev–Trinajstić information content (AvgIpc) is 2.70. The number of pyridine rings is 1. The predicted molar refractivity (Wildman–Crippen MR) is 48.1 cm³/mol. The predicted octanol–water partition coefficient (Wildman–Crippen LogP) is 0.763. The van der Waals surface area contributed by atoms with Crippen LogP contribution in [-0.2, 0) is 0 Å². The van der Waals surface area contributed by atoms with Crippen LogP contribution in [0.3, 0.4) is 0 Å². The highest BCUT2D eigenvalue weighted by Crippen LogP contribution is 2.22. The highest BCUT2D eigenvalue weighted by atomic mass is 79.9. The van der Waals surface area contributed by atoms with Crippen molar-refractivity contribution >= 4 is 32.5 Å². The molecule has 0 radical (unpaired) electrons. The maximum atomic E-state index is 4.08. The first-order valence-electron chi connectivity index (χ1n) is 3.56. The fraction of sp³-hybridized carbons (Fsp3) is 0. The van der Waals surface area contributed by atoms with Crippen molar-refractivity contribution in [2.45, 2.75) is 0 Å². The molecule has 0 aromatic carbocycles. The van der Waals surface area contributed by atoms with Gasteiger partial charge in [-0.15, -0.1) is 5.10 Å². The summed E-state index contributed by atoms with van der Waals surface area (Å²) in [4.78, 5) is 0. The van der Waals surface area contributed by atoms with Crippen LogP contribution in [0.2, 0.25) is 0 Å². The lowest BCUT2D eigenvalue weighted by Gasteiger charge is -1.89. The smallest absolute Gasteiger partial charge is 0.207 e. The van der Waals surface area contributed by atoms with Gasteiger partial charge in [-0.2, -0.15) is 9.61 Å². The van der Waals surface area contributed by atoms with E-state index in [9.17, 15) is 0 Å². The molecule has 0 unspecified atom stereocenters. The third-order valence-electron chi connectivity index (χ3n) is 1.84. The first kappa shape index (κ1) is 6.96. The minimum Gasteiger partial charge on any atom is -0.270 e. The van der Waals surface area contributed by atoms with E-state index < -0.39 is 0 Å². The van der Waals surface area contributed by atoms with E-state index >= 15 is 0 Å². The summed E-state index contributed by atoms with van der Waals surface area (Å²) < 4.78 is 2.42. The van der Waals surface area contributed by atoms with Gasteiger partial charge < -0.3 is 0 Å². The van der Waals surface area contributed by atoms with Crippen molar-refractivity contribution in [2.75, 3.05) is 0 Å². The highest BCUT2D eigenvalue weighted by molar-refractivity contribution is 9.10. The molecule has 0 fully saturated rings. The van der Waals surface area contributed by atoms with Gasteiger partial charge in [-0.25, -0.2) is 0 Å². The molecule has 1 N–H and O–H groups in total. The molecule has 0 aliphatic rings. The SMILES string of the molecule is Brc1[nH]nc2c1ccn1nnnc21. The summed E-state index contributed by atoms with van der Waals surface area (Å²) in [7, 11) is 0. The van der Waals surface area contributed by atoms with E-state index in [-0.39, 0.29) is 0 Å². The van der Waals surface area contributed by atoms with Crippen molar-refractivity contribution in [2.24, 2.45) is 0 Å². The number of tetrazole rings is 1. The molecule has 3 heterocycles. The Morgan fingerprint density at radius 3 is 3.31 bits per heavy atom. The van der Waals surface area contributed by atoms with Crippen LogP contribution in [0.1, 0.15) is 0 Å². The van der Waals surface area contributed by atoms with E-state index in [1.165, 1.54) is 0 Å². The molecule has 0 saturated heterocycles. The van der Waals surface area contributed by atoms with Crippen LogP contribution in [0.5, 0.6) is 0 Å². The van der Waals surface area contributed by atoms with Crippen molar-refractivity contribution in [3.05, 3.63) is 16.9 Å². The zero-order chi connectivity index (χ0) is 8.84. The van der Waals surface area contributed by atoms with E-state index in [0.29, 0.717) is 5.65 Å². The van der Waals surface area contributed by atoms with Crippen molar-refractivity contribution in [3.8, 4) is 0 Å². The molecule has 0 amide bonds. The Morgan fingerprint density at radius 2 is 2.38 bits per heavy atom. The van der Waals surface area contributed by atoms with Crippen LogP contribution in [0.25, 0.3) is 16.6 Å². The maximum Gasteiger partial charge on any atom is 0.207 e. The van der Waals surface area contributed by atoms with Gasteiger partial charge in [-0.1, -0.05) is 0 Å². The van der Waals surface area contributed by atoms with Crippen molar-refractivity contribution in [1.82, 2.24) is 30.2 Å². The Kier molecular flexibility index (Phi) is 1.21. The molecule has 3 aromatic heterocycles. The molecule has 0 spiro atoms. The van der Waals surface area contributed by atoms with E-state index in [4.69, 9.17) is 0 Å². The number of fused-ring (bicyclic) bond motifs is 3. The minimum absolute atomic E-state index is 0.652. The Morgan fingerprint density at radius 1 is 1.46 bits per heavy atom. The number of aromatic nitrogens is 6. The van der Waals surface area contributed by atoms with Gasteiger partial charge in [0.1, 0.15) is 10.1 Å². The number of hydrogen-bond acceptors (Lipinski definition) is 4. The summed E-state index contributed by atoms with van der Waals surface area (Å²) in [6.07, 6.45) is 1.79. The summed E-state index contributed by atoms with van der Waals surface area (Å²) in [5, 5.41) is 19.1. The third kappa shape index (κ3) is 0.816. The van der Waals surface area contributed by atoms with E-state index in [2.05, 4.69) is 41.7 Å². The first-order valence-corrected chi connectivity index (χ1v) is 4.36. The molecule has 6 nitrogen and oxygen atoms in total. The van der Waals surface area contributed by atoms with Crippen LogP contribution < -0.4 is 0 Å². The molecule has 0 atom stereocenters. The lowest BCUT2D eigenvalue weighted by molar-refractivity contribution is 0.824. The van der Waals surface area contributed by atoms with Crippen molar-refractivity contribution < 1.29 is 0 Å². The number of aromatic amines is 1. The first-order chi connectivity index (χ1) is 6.36. The number of rotatable bonds is 0. The van der Waals surface area contributed by atoms with Gasteiger partial charge >= 0.3 is 0 Å². The molecular formula is C6H3BrN6. The summed E-state index contributed by atoms with van der Waals surface area (Å²) >= 11 is 3.34. The van der Waals surface area contributed by atoms with Crippen molar-refractivity contribution in [1.29, 1.82) is 0 Å². The number of halogens is 1. The molecule has 13 heavy (non-hydrogen) atoms. The number of H-pyrrole nitrogens is 1. The Hall–Kier alpha value is -1.50. The van der Waals surface area contributed by atoms with E-state index in [0.717, 1.165) is 15.5 Å². The zero-order valence-electron chi connectivity index (χ0n) is 6.27. The molecule has 0 aliphatic carbocycles. The molecule has 0 aliphatic heterocycles. The normalized spacial score (nSPS) is 11.5. The Balaban J connectivity index is 2.66. The number of nitrogens with zero attached hydrogens (tertiary/aromatic N) is 5. The lowest BCUT2D eigenvalue weighted by atomic mass is 10.3. The average molecular weight is 239 g/mol. The summed E-state index contributed by atoms with van der Waals surface area (Å²) in [6, 6.07) is 1.90. The van der Waals surface area contributed by atoms with Crippen LogP contribution in [-0.4, -0.2) is 30.2 Å². The molecule has 0 bridgehead atoms. The zero-order valence-corrected chi connectivity index (χ0v) is 7.85. The lowest BCUT2D eigenvalue weighted by Crippen LogP contribution is -1.86. The second kappa shape index (κ2) is 2.25. The molecule has 0 saturated carbocycles. The van der Waals surface area contributed by atoms with Gasteiger partial charge in [-0.05, 0) is 32.4 Å². The van der Waals surface area contributed by atoms with Crippen LogP contribution in [0.4, 0.5) is 0 Å². The van der Waals surface area contributed by atoms with Gasteiger partial charge in [0, 0.05) is 11.6 Å². The van der Waals surface area contributed by atoms with Crippen LogP contribution in [0.15, 0.2) is 16.9 Å². The Bertz CT molecular complexity index is 581. The van der Waals surface area contributed by atoms with E-state index in [1.807, 2.05) is 6.07 Å². The van der Waals surface area contributed by atoms with E-state index in [1.54, 1.807) is 10.7 Å². The van der Waals surface area contributed by atoms with Gasteiger partial charge in [0.25, 0.3) is 0 Å². The second-order valence-corrected chi connectivity index (χ2v) is 3.36. The quantitative estimate of drug-likeness (QED) is 0.628. The molecule has 64 valence electrons. The monoisotopic (exact) mass is 238 g/mol. The fourth-order valence-corrected chi connectivity index (χ4v) is 1.66. The van der Waals surface area contributed by atoms with Gasteiger partial charge in [0.15, 0.2) is 0 Å². The number of nitrogens with one attached hydrogen (secondary N) is 1. The summed E-state index contributed by atoms with van der Waals surface area (Å²) in [5.41, 5.74) is 1.42. The largest absolute Gasteiger partial charge is 0.270 e. The Labute approximate surface area is 80.1 Å². The second-order valence-electron chi connectivity index (χ2n) is 2.56. The third-order valence-corrected chi connectivity index (χ3v) is 2.45. The van der Waals surface area contributed by atoms with Crippen LogP contribution >= 0.6 is 15.9 Å². The maximum absolute atomic E-state index is 4.08. The fourth-order valence-electron chi connectivity index (χ4n) is 1.25. The van der Waals surface area contributed by atoms with Gasteiger partial charge in [0.2, 0.25) is 5.65 Å². The molecule has 3 rings (SSSR count). The highest BCUT2D eigenvalue weighted by Gasteiger charge is 2.08. The van der Waals surface area contributed by atoms with Crippen LogP contribution in [0, 0.1) is 0 Å². The minimum atomic E-state index is 0.652. The molecule has 7 heteroatoms. The molecule has 3 aromatic rings. The topological polar surface area (TPSA) is 71.8 Å². The van der Waals surface area contributed by atoms with Gasteiger partial charge in [-0.3, -0.25) is 5.10 Å². The summed E-state index contributed by atoms with van der Waals surface area (Å²) in [6.45, 7) is 0.